The van der Waals surface area contributed by atoms with Crippen LogP contribution in [-0.4, -0.2) is 0 Å². The number of nitrogens with two attached hydrogens (primary N) is 1. The lowest BCUT2D eigenvalue weighted by Crippen LogP contribution is -1.94. The van der Waals surface area contributed by atoms with Crippen LogP contribution < -0.4 is 5.73 Å². The first-order valence-electron chi connectivity index (χ1n) is 5.13. The molecule has 0 spiro atoms. The molecule has 0 aliphatic rings. The van der Waals surface area contributed by atoms with Crippen LogP contribution in [-0.2, 0) is 0 Å². The second kappa shape index (κ2) is 5.15. The molecular formula is C14H11BrFN. The number of nitrogen functional groups attached to an aromatic ring is 1. The number of benzene rings is 2. The Morgan fingerprint density at radius 1 is 1.06 bits per heavy atom. The minimum Gasteiger partial charge on any atom is -0.398 e. The second-order valence-electron chi connectivity index (χ2n) is 3.62. The maximum atomic E-state index is 12.9. The molecule has 0 unspecified atom stereocenters. The molecule has 0 fully saturated rings. The quantitative estimate of drug-likeness (QED) is 0.825. The maximum Gasteiger partial charge on any atom is 0.123 e. The van der Waals surface area contributed by atoms with E-state index in [2.05, 4.69) is 15.9 Å². The summed E-state index contributed by atoms with van der Waals surface area (Å²) in [6.07, 6.45) is 0. The lowest BCUT2D eigenvalue weighted by Gasteiger charge is -2.09. The summed E-state index contributed by atoms with van der Waals surface area (Å²) in [6, 6.07) is 13.9. The van der Waals surface area contributed by atoms with Crippen LogP contribution in [0.2, 0.25) is 0 Å². The summed E-state index contributed by atoms with van der Waals surface area (Å²) < 4.78 is 12.9. The number of halogens is 2. The van der Waals surface area contributed by atoms with Gasteiger partial charge in [0.2, 0.25) is 0 Å². The van der Waals surface area contributed by atoms with Crippen molar-refractivity contribution in [2.75, 3.05) is 5.73 Å². The Bertz CT molecular complexity index is 546. The number of hydrogen-bond acceptors (Lipinski definition) is 1. The van der Waals surface area contributed by atoms with Crippen LogP contribution in [0.3, 0.4) is 0 Å². The van der Waals surface area contributed by atoms with Gasteiger partial charge in [0.25, 0.3) is 0 Å². The predicted octanol–water partition coefficient (Wildman–Crippen LogP) is 4.19. The summed E-state index contributed by atoms with van der Waals surface area (Å²) >= 11 is 3.33. The van der Waals surface area contributed by atoms with Gasteiger partial charge in [-0.05, 0) is 34.3 Å². The van der Waals surface area contributed by atoms with E-state index in [-0.39, 0.29) is 5.82 Å². The van der Waals surface area contributed by atoms with Crippen molar-refractivity contribution in [1.82, 2.24) is 0 Å². The van der Waals surface area contributed by atoms with Crippen molar-refractivity contribution >= 4 is 27.2 Å². The SMILES string of the molecule is Nc1ccccc1C(=CBr)c1ccc(F)cc1. The molecule has 0 amide bonds. The van der Waals surface area contributed by atoms with Crippen LogP contribution in [0, 0.1) is 5.82 Å². The largest absolute Gasteiger partial charge is 0.398 e. The van der Waals surface area contributed by atoms with Crippen LogP contribution in [0.5, 0.6) is 0 Å². The topological polar surface area (TPSA) is 26.0 Å². The van der Waals surface area contributed by atoms with Gasteiger partial charge >= 0.3 is 0 Å². The summed E-state index contributed by atoms with van der Waals surface area (Å²) in [4.78, 5) is 1.80. The van der Waals surface area contributed by atoms with Gasteiger partial charge in [-0.2, -0.15) is 0 Å². The zero-order valence-electron chi connectivity index (χ0n) is 9.03. The first-order valence-corrected chi connectivity index (χ1v) is 6.05. The number of hydrogen-bond donors (Lipinski definition) is 1. The second-order valence-corrected chi connectivity index (χ2v) is 4.07. The molecule has 0 heterocycles. The minimum atomic E-state index is -0.247. The predicted molar refractivity (Wildman–Crippen MR) is 73.3 cm³/mol. The summed E-state index contributed by atoms with van der Waals surface area (Å²) in [6.45, 7) is 0. The van der Waals surface area contributed by atoms with E-state index in [0.717, 1.165) is 16.7 Å². The van der Waals surface area contributed by atoms with Gasteiger partial charge in [0.05, 0.1) is 0 Å². The Labute approximate surface area is 108 Å². The lowest BCUT2D eigenvalue weighted by atomic mass is 9.98. The van der Waals surface area contributed by atoms with Crippen molar-refractivity contribution < 1.29 is 4.39 Å². The van der Waals surface area contributed by atoms with Crippen molar-refractivity contribution in [3.8, 4) is 0 Å². The minimum absolute atomic E-state index is 0.247. The maximum absolute atomic E-state index is 12.9. The third kappa shape index (κ3) is 2.56. The van der Waals surface area contributed by atoms with Gasteiger partial charge in [-0.25, -0.2) is 4.39 Å². The Balaban J connectivity index is 2.49. The standard InChI is InChI=1S/C14H11BrFN/c15-9-13(10-5-7-11(16)8-6-10)12-3-1-2-4-14(12)17/h1-9H,17H2. The van der Waals surface area contributed by atoms with Gasteiger partial charge in [0.15, 0.2) is 0 Å². The number of para-hydroxylation sites is 1. The normalized spacial score (nSPS) is 11.5. The van der Waals surface area contributed by atoms with E-state index in [9.17, 15) is 4.39 Å². The molecule has 86 valence electrons. The number of anilines is 1. The molecule has 0 aliphatic heterocycles. The molecule has 0 aromatic heterocycles. The average Bonchev–Trinajstić information content (AvgIpc) is 2.35. The van der Waals surface area contributed by atoms with Gasteiger partial charge in [-0.3, -0.25) is 0 Å². The highest BCUT2D eigenvalue weighted by atomic mass is 79.9. The smallest absolute Gasteiger partial charge is 0.123 e. The Morgan fingerprint density at radius 3 is 2.29 bits per heavy atom. The molecule has 0 aliphatic carbocycles. The molecule has 2 aromatic rings. The fourth-order valence-corrected chi connectivity index (χ4v) is 2.16. The highest BCUT2D eigenvalue weighted by molar-refractivity contribution is 9.11. The molecule has 0 atom stereocenters. The molecule has 0 bridgehead atoms. The molecule has 2 rings (SSSR count). The number of rotatable bonds is 2. The van der Waals surface area contributed by atoms with Gasteiger partial charge in [0.1, 0.15) is 5.82 Å². The van der Waals surface area contributed by atoms with Gasteiger partial charge in [-0.15, -0.1) is 0 Å². The average molecular weight is 292 g/mol. The summed E-state index contributed by atoms with van der Waals surface area (Å²) in [5.74, 6) is -0.247. The Morgan fingerprint density at radius 2 is 1.71 bits per heavy atom. The highest BCUT2D eigenvalue weighted by Gasteiger charge is 2.07. The van der Waals surface area contributed by atoms with Gasteiger partial charge in [-0.1, -0.05) is 46.3 Å². The van der Waals surface area contributed by atoms with E-state index in [4.69, 9.17) is 5.73 Å². The van der Waals surface area contributed by atoms with Crippen molar-refractivity contribution in [2.45, 2.75) is 0 Å². The van der Waals surface area contributed by atoms with Crippen molar-refractivity contribution in [3.63, 3.8) is 0 Å². The van der Waals surface area contributed by atoms with E-state index < -0.39 is 0 Å². The molecule has 1 nitrogen and oxygen atoms in total. The molecular weight excluding hydrogens is 281 g/mol. The molecule has 3 heteroatoms. The van der Waals surface area contributed by atoms with Crippen LogP contribution in [0.4, 0.5) is 10.1 Å². The van der Waals surface area contributed by atoms with Crippen LogP contribution in [0.25, 0.3) is 5.57 Å². The fourth-order valence-electron chi connectivity index (χ4n) is 1.65. The summed E-state index contributed by atoms with van der Waals surface area (Å²) in [5, 5.41) is 0. The van der Waals surface area contributed by atoms with E-state index in [1.165, 1.54) is 12.1 Å². The zero-order valence-corrected chi connectivity index (χ0v) is 10.6. The Hall–Kier alpha value is -1.61. The molecule has 2 aromatic carbocycles. The molecule has 0 radical (unpaired) electrons. The third-order valence-electron chi connectivity index (χ3n) is 2.52. The zero-order chi connectivity index (χ0) is 12.3. The Kier molecular flexibility index (Phi) is 3.59. The molecule has 0 saturated carbocycles. The van der Waals surface area contributed by atoms with E-state index in [1.54, 1.807) is 17.1 Å². The monoisotopic (exact) mass is 291 g/mol. The first-order chi connectivity index (χ1) is 8.22. The summed E-state index contributed by atoms with van der Waals surface area (Å²) in [5.41, 5.74) is 9.40. The van der Waals surface area contributed by atoms with E-state index in [1.807, 2.05) is 24.3 Å². The highest BCUT2D eigenvalue weighted by Crippen LogP contribution is 2.28. The van der Waals surface area contributed by atoms with Crippen molar-refractivity contribution in [2.24, 2.45) is 0 Å². The third-order valence-corrected chi connectivity index (χ3v) is 2.97. The molecule has 2 N–H and O–H groups in total. The van der Waals surface area contributed by atoms with E-state index in [0.29, 0.717) is 5.69 Å². The molecule has 0 saturated heterocycles. The first kappa shape index (κ1) is 11.9. The van der Waals surface area contributed by atoms with Gasteiger partial charge < -0.3 is 5.73 Å². The lowest BCUT2D eigenvalue weighted by molar-refractivity contribution is 0.627. The van der Waals surface area contributed by atoms with Crippen LogP contribution >= 0.6 is 15.9 Å². The summed E-state index contributed by atoms with van der Waals surface area (Å²) in [7, 11) is 0. The molecule has 17 heavy (non-hydrogen) atoms. The van der Waals surface area contributed by atoms with Crippen LogP contribution in [0.1, 0.15) is 11.1 Å². The van der Waals surface area contributed by atoms with Crippen LogP contribution in [0.15, 0.2) is 53.5 Å². The van der Waals surface area contributed by atoms with Gasteiger partial charge in [0, 0.05) is 11.3 Å². The fraction of sp³-hybridized carbons (Fsp3) is 0. The van der Waals surface area contributed by atoms with E-state index >= 15 is 0 Å². The van der Waals surface area contributed by atoms with Crippen molar-refractivity contribution in [3.05, 3.63) is 70.5 Å². The van der Waals surface area contributed by atoms with Crippen molar-refractivity contribution in [1.29, 1.82) is 0 Å².